The molecule has 6 heteroatoms. The van der Waals surface area contributed by atoms with Crippen molar-refractivity contribution in [3.8, 4) is 0 Å². The van der Waals surface area contributed by atoms with Gasteiger partial charge in [-0.2, -0.15) is 0 Å². The fourth-order valence-electron chi connectivity index (χ4n) is 5.04. The Morgan fingerprint density at radius 3 is 2.29 bits per heavy atom. The van der Waals surface area contributed by atoms with Gasteiger partial charge in [0.15, 0.2) is 0 Å². The number of hydrogen-bond donors (Lipinski definition) is 2. The summed E-state index contributed by atoms with van der Waals surface area (Å²) in [5.41, 5.74) is 1.46. The third-order valence-corrected chi connectivity index (χ3v) is 6.68. The summed E-state index contributed by atoms with van der Waals surface area (Å²) >= 11 is 0. The summed E-state index contributed by atoms with van der Waals surface area (Å²) in [5.74, 6) is -1.25. The van der Waals surface area contributed by atoms with Crippen LogP contribution in [-0.4, -0.2) is 35.5 Å². The quantitative estimate of drug-likeness (QED) is 0.835. The average Bonchev–Trinajstić information content (AvgIpc) is 3.36. The van der Waals surface area contributed by atoms with E-state index in [0.29, 0.717) is 0 Å². The zero-order chi connectivity index (χ0) is 19.7. The summed E-state index contributed by atoms with van der Waals surface area (Å²) < 4.78 is 0. The first-order chi connectivity index (χ1) is 13.5. The molecular weight excluding hydrogens is 356 g/mol. The summed E-state index contributed by atoms with van der Waals surface area (Å²) in [4.78, 5) is 38.7. The Bertz CT molecular complexity index is 764. The van der Waals surface area contributed by atoms with Crippen molar-refractivity contribution in [1.29, 1.82) is 0 Å². The van der Waals surface area contributed by atoms with E-state index in [4.69, 9.17) is 0 Å². The Labute approximate surface area is 165 Å². The van der Waals surface area contributed by atoms with E-state index in [1.54, 1.807) is 11.0 Å². The SMILES string of the molecule is O=C(NC1CCC(C(=O)N2CC(C(=O)O)c3ccccc32)CC1)C1CCCC1. The van der Waals surface area contributed by atoms with Crippen LogP contribution in [0.1, 0.15) is 62.8 Å². The highest BCUT2D eigenvalue weighted by Gasteiger charge is 2.39. The molecule has 150 valence electrons. The van der Waals surface area contributed by atoms with E-state index < -0.39 is 11.9 Å². The molecule has 2 N–H and O–H groups in total. The van der Waals surface area contributed by atoms with Crippen molar-refractivity contribution in [3.63, 3.8) is 0 Å². The van der Waals surface area contributed by atoms with Gasteiger partial charge < -0.3 is 15.3 Å². The Morgan fingerprint density at radius 2 is 1.61 bits per heavy atom. The highest BCUT2D eigenvalue weighted by molar-refractivity contribution is 6.00. The molecule has 0 aromatic heterocycles. The van der Waals surface area contributed by atoms with Crippen LogP contribution in [0.2, 0.25) is 0 Å². The molecule has 3 aliphatic rings. The van der Waals surface area contributed by atoms with Crippen molar-refractivity contribution in [1.82, 2.24) is 5.32 Å². The molecular formula is C22H28N2O4. The number of rotatable bonds is 4. The number of nitrogens with one attached hydrogen (secondary N) is 1. The number of fused-ring (bicyclic) bond motifs is 1. The Balaban J connectivity index is 1.35. The van der Waals surface area contributed by atoms with Crippen molar-refractivity contribution in [2.45, 2.75) is 63.3 Å². The second-order valence-corrected chi connectivity index (χ2v) is 8.44. The molecule has 1 heterocycles. The lowest BCUT2D eigenvalue weighted by Crippen LogP contribution is -2.43. The molecule has 1 aliphatic heterocycles. The van der Waals surface area contributed by atoms with Gasteiger partial charge in [0.1, 0.15) is 5.92 Å². The van der Waals surface area contributed by atoms with Crippen molar-refractivity contribution in [2.24, 2.45) is 11.8 Å². The molecule has 0 radical (unpaired) electrons. The number of para-hydroxylation sites is 1. The summed E-state index contributed by atoms with van der Waals surface area (Å²) in [6, 6.07) is 7.47. The van der Waals surface area contributed by atoms with Crippen LogP contribution in [0.15, 0.2) is 24.3 Å². The second-order valence-electron chi connectivity index (χ2n) is 8.44. The highest BCUT2D eigenvalue weighted by Crippen LogP contribution is 2.38. The molecule has 6 nitrogen and oxygen atoms in total. The standard InChI is InChI=1S/C22H28N2O4/c25-20(14-5-1-2-6-14)23-16-11-9-15(10-12-16)21(26)24-13-18(22(27)28)17-7-3-4-8-19(17)24/h3-4,7-8,14-16,18H,1-2,5-6,9-13H2,(H,23,25)(H,27,28). The molecule has 1 aromatic rings. The summed E-state index contributed by atoms with van der Waals surface area (Å²) in [7, 11) is 0. The zero-order valence-electron chi connectivity index (χ0n) is 16.1. The van der Waals surface area contributed by atoms with E-state index in [0.717, 1.165) is 62.6 Å². The number of hydrogen-bond acceptors (Lipinski definition) is 3. The van der Waals surface area contributed by atoms with Gasteiger partial charge in [0.05, 0.1) is 0 Å². The molecule has 1 aromatic carbocycles. The van der Waals surface area contributed by atoms with Crippen molar-refractivity contribution in [2.75, 3.05) is 11.4 Å². The Morgan fingerprint density at radius 1 is 0.929 bits per heavy atom. The first kappa shape index (κ1) is 19.0. The Kier molecular flexibility index (Phi) is 5.38. The first-order valence-corrected chi connectivity index (χ1v) is 10.5. The maximum absolute atomic E-state index is 13.1. The number of anilines is 1. The molecule has 2 saturated carbocycles. The van der Waals surface area contributed by atoms with Gasteiger partial charge in [0.2, 0.25) is 11.8 Å². The van der Waals surface area contributed by atoms with Crippen molar-refractivity contribution in [3.05, 3.63) is 29.8 Å². The third kappa shape index (κ3) is 3.64. The van der Waals surface area contributed by atoms with Gasteiger partial charge in [-0.3, -0.25) is 14.4 Å². The number of carboxylic acids is 1. The molecule has 2 amide bonds. The predicted molar refractivity (Wildman–Crippen MR) is 105 cm³/mol. The normalized spacial score (nSPS) is 27.4. The highest BCUT2D eigenvalue weighted by atomic mass is 16.4. The Hall–Kier alpha value is -2.37. The van der Waals surface area contributed by atoms with Crippen LogP contribution in [0.4, 0.5) is 5.69 Å². The van der Waals surface area contributed by atoms with Crippen LogP contribution in [0.3, 0.4) is 0 Å². The molecule has 0 saturated heterocycles. The number of benzene rings is 1. The molecule has 2 fully saturated rings. The molecule has 0 spiro atoms. The largest absolute Gasteiger partial charge is 0.481 e. The number of carbonyl (C=O) groups excluding carboxylic acids is 2. The number of amides is 2. The van der Waals surface area contributed by atoms with Crippen molar-refractivity contribution >= 4 is 23.5 Å². The molecule has 28 heavy (non-hydrogen) atoms. The maximum Gasteiger partial charge on any atom is 0.312 e. The lowest BCUT2D eigenvalue weighted by molar-refractivity contribution is -0.138. The van der Waals surface area contributed by atoms with E-state index in [2.05, 4.69) is 5.32 Å². The van der Waals surface area contributed by atoms with E-state index in [9.17, 15) is 19.5 Å². The van der Waals surface area contributed by atoms with Gasteiger partial charge in [-0.25, -0.2) is 0 Å². The van der Waals surface area contributed by atoms with Crippen LogP contribution >= 0.6 is 0 Å². The molecule has 4 rings (SSSR count). The van der Waals surface area contributed by atoms with Gasteiger partial charge in [-0.1, -0.05) is 31.0 Å². The van der Waals surface area contributed by atoms with Gasteiger partial charge in [-0.05, 0) is 50.2 Å². The first-order valence-electron chi connectivity index (χ1n) is 10.5. The minimum absolute atomic E-state index is 0.0248. The van der Waals surface area contributed by atoms with E-state index >= 15 is 0 Å². The zero-order valence-corrected chi connectivity index (χ0v) is 16.1. The molecule has 1 atom stereocenters. The predicted octanol–water partition coefficient (Wildman–Crippen LogP) is 3.07. The van der Waals surface area contributed by atoms with E-state index in [-0.39, 0.29) is 36.2 Å². The van der Waals surface area contributed by atoms with Gasteiger partial charge in [0, 0.05) is 30.1 Å². The maximum atomic E-state index is 13.1. The lowest BCUT2D eigenvalue weighted by atomic mass is 9.84. The fraction of sp³-hybridized carbons (Fsp3) is 0.591. The number of nitrogens with zero attached hydrogens (tertiary/aromatic N) is 1. The smallest absolute Gasteiger partial charge is 0.312 e. The third-order valence-electron chi connectivity index (χ3n) is 6.68. The molecule has 2 aliphatic carbocycles. The van der Waals surface area contributed by atoms with Crippen LogP contribution in [-0.2, 0) is 14.4 Å². The average molecular weight is 384 g/mol. The van der Waals surface area contributed by atoms with E-state index in [1.807, 2.05) is 18.2 Å². The van der Waals surface area contributed by atoms with E-state index in [1.165, 1.54) is 0 Å². The van der Waals surface area contributed by atoms with Crippen LogP contribution in [0, 0.1) is 11.8 Å². The summed E-state index contributed by atoms with van der Waals surface area (Å²) in [6.45, 7) is 0.214. The minimum atomic E-state index is -0.888. The van der Waals surface area contributed by atoms with Gasteiger partial charge in [0.25, 0.3) is 0 Å². The number of aliphatic carboxylic acids is 1. The van der Waals surface area contributed by atoms with Crippen LogP contribution < -0.4 is 10.2 Å². The summed E-state index contributed by atoms with van der Waals surface area (Å²) in [6.07, 6.45) is 7.40. The van der Waals surface area contributed by atoms with Gasteiger partial charge in [-0.15, -0.1) is 0 Å². The van der Waals surface area contributed by atoms with Crippen LogP contribution in [0.5, 0.6) is 0 Å². The van der Waals surface area contributed by atoms with Gasteiger partial charge >= 0.3 is 5.97 Å². The second kappa shape index (κ2) is 7.94. The monoisotopic (exact) mass is 384 g/mol. The van der Waals surface area contributed by atoms with Crippen LogP contribution in [0.25, 0.3) is 0 Å². The number of carboxylic acid groups (broad SMARTS) is 1. The van der Waals surface area contributed by atoms with Crippen molar-refractivity contribution < 1.29 is 19.5 Å². The lowest BCUT2D eigenvalue weighted by Gasteiger charge is -2.31. The molecule has 1 unspecified atom stereocenters. The molecule has 0 bridgehead atoms. The minimum Gasteiger partial charge on any atom is -0.481 e. The fourth-order valence-corrected chi connectivity index (χ4v) is 5.04. The summed E-state index contributed by atoms with van der Waals surface area (Å²) in [5, 5.41) is 12.7. The number of carbonyl (C=O) groups is 3. The topological polar surface area (TPSA) is 86.7 Å².